The van der Waals surface area contributed by atoms with Gasteiger partial charge in [-0.1, -0.05) is 60.7 Å². The first-order valence-corrected chi connectivity index (χ1v) is 7.21. The first-order chi connectivity index (χ1) is 10.2. The predicted molar refractivity (Wildman–Crippen MR) is 80.8 cm³/mol. The molecule has 3 heteroatoms. The minimum atomic E-state index is -1.15. The van der Waals surface area contributed by atoms with Gasteiger partial charge in [0.15, 0.2) is 5.78 Å². The molecule has 0 aromatic heterocycles. The highest BCUT2D eigenvalue weighted by Gasteiger charge is 2.45. The molecule has 2 aromatic rings. The van der Waals surface area contributed by atoms with Gasteiger partial charge in [-0.2, -0.15) is 0 Å². The molecule has 0 N–H and O–H groups in total. The highest BCUT2D eigenvalue weighted by molar-refractivity contribution is 5.92. The van der Waals surface area contributed by atoms with Crippen molar-refractivity contribution in [2.75, 3.05) is 6.54 Å². The molecule has 1 saturated heterocycles. The standard InChI is InChI=1S/C18H18FNO/c1-13(19)17-16(21)12-20(17)18(14-8-4-2-5-9-14)15-10-6-3-7-11-15/h2-11,13,17-18H,12H2,1H3. The van der Waals surface area contributed by atoms with E-state index in [0.29, 0.717) is 6.54 Å². The zero-order chi connectivity index (χ0) is 14.8. The fourth-order valence-electron chi connectivity index (χ4n) is 3.06. The molecular formula is C18H18FNO. The number of alkyl halides is 1. The van der Waals surface area contributed by atoms with Gasteiger partial charge < -0.3 is 0 Å². The second-order valence-electron chi connectivity index (χ2n) is 5.48. The lowest BCUT2D eigenvalue weighted by Gasteiger charge is -2.45. The second kappa shape index (κ2) is 5.78. The molecule has 1 fully saturated rings. The third-order valence-corrected chi connectivity index (χ3v) is 4.02. The maximum Gasteiger partial charge on any atom is 0.166 e. The van der Waals surface area contributed by atoms with E-state index >= 15 is 0 Å². The normalized spacial score (nSPS) is 20.3. The van der Waals surface area contributed by atoms with Gasteiger partial charge in [-0.05, 0) is 18.1 Å². The number of hydrogen-bond donors (Lipinski definition) is 0. The SMILES string of the molecule is CC(F)C1C(=O)CN1C(c1ccccc1)c1ccccc1. The molecule has 2 unspecified atom stereocenters. The van der Waals surface area contributed by atoms with Gasteiger partial charge in [-0.3, -0.25) is 9.69 Å². The summed E-state index contributed by atoms with van der Waals surface area (Å²) in [6.07, 6.45) is -1.15. The molecule has 3 rings (SSSR count). The fraction of sp³-hybridized carbons (Fsp3) is 0.278. The summed E-state index contributed by atoms with van der Waals surface area (Å²) in [5, 5.41) is 0. The number of carbonyl (C=O) groups excluding carboxylic acids is 1. The number of ketones is 1. The topological polar surface area (TPSA) is 20.3 Å². The predicted octanol–water partition coefficient (Wildman–Crippen LogP) is 3.39. The molecule has 1 aliphatic rings. The van der Waals surface area contributed by atoms with Crippen LogP contribution in [0.25, 0.3) is 0 Å². The number of likely N-dealkylation sites (tertiary alicyclic amines) is 1. The summed E-state index contributed by atoms with van der Waals surface area (Å²) < 4.78 is 13.8. The van der Waals surface area contributed by atoms with Crippen LogP contribution in [-0.4, -0.2) is 29.4 Å². The largest absolute Gasteiger partial charge is 0.296 e. The number of carbonyl (C=O) groups is 1. The molecule has 0 spiro atoms. The zero-order valence-corrected chi connectivity index (χ0v) is 11.9. The molecular weight excluding hydrogens is 265 g/mol. The number of benzene rings is 2. The fourth-order valence-corrected chi connectivity index (χ4v) is 3.06. The Bertz CT molecular complexity index is 572. The molecule has 0 saturated carbocycles. The second-order valence-corrected chi connectivity index (χ2v) is 5.48. The molecule has 2 aromatic carbocycles. The number of nitrogens with zero attached hydrogens (tertiary/aromatic N) is 1. The summed E-state index contributed by atoms with van der Waals surface area (Å²) in [7, 11) is 0. The van der Waals surface area contributed by atoms with Crippen LogP contribution >= 0.6 is 0 Å². The molecule has 21 heavy (non-hydrogen) atoms. The van der Waals surface area contributed by atoms with Crippen molar-refractivity contribution in [3.8, 4) is 0 Å². The van der Waals surface area contributed by atoms with E-state index in [-0.39, 0.29) is 11.8 Å². The maximum atomic E-state index is 13.8. The van der Waals surface area contributed by atoms with Crippen LogP contribution < -0.4 is 0 Å². The van der Waals surface area contributed by atoms with E-state index in [1.54, 1.807) is 0 Å². The van der Waals surface area contributed by atoms with Gasteiger partial charge in [-0.15, -0.1) is 0 Å². The quantitative estimate of drug-likeness (QED) is 0.857. The number of hydrogen-bond acceptors (Lipinski definition) is 2. The molecule has 2 nitrogen and oxygen atoms in total. The Labute approximate surface area is 124 Å². The van der Waals surface area contributed by atoms with Crippen LogP contribution in [0, 0.1) is 0 Å². The Balaban J connectivity index is 2.00. The Morgan fingerprint density at radius 3 is 1.86 bits per heavy atom. The number of Topliss-reactive ketones (excluding diaryl/α,β-unsaturated/α-hetero) is 1. The number of rotatable bonds is 4. The van der Waals surface area contributed by atoms with E-state index in [1.165, 1.54) is 6.92 Å². The van der Waals surface area contributed by atoms with Gasteiger partial charge in [-0.25, -0.2) is 4.39 Å². The molecule has 2 atom stereocenters. The highest BCUT2D eigenvalue weighted by atomic mass is 19.1. The Morgan fingerprint density at radius 2 is 1.48 bits per heavy atom. The highest BCUT2D eigenvalue weighted by Crippen LogP contribution is 2.35. The molecule has 108 valence electrons. The van der Waals surface area contributed by atoms with E-state index in [1.807, 2.05) is 65.6 Å². The summed E-state index contributed by atoms with van der Waals surface area (Å²) in [6.45, 7) is 1.77. The van der Waals surface area contributed by atoms with Crippen molar-refractivity contribution in [1.82, 2.24) is 4.90 Å². The van der Waals surface area contributed by atoms with Crippen molar-refractivity contribution in [2.45, 2.75) is 25.2 Å². The lowest BCUT2D eigenvalue weighted by Crippen LogP contribution is -2.61. The van der Waals surface area contributed by atoms with Crippen molar-refractivity contribution in [2.24, 2.45) is 0 Å². The lowest BCUT2D eigenvalue weighted by molar-refractivity contribution is -0.142. The van der Waals surface area contributed by atoms with Crippen LogP contribution in [-0.2, 0) is 4.79 Å². The average molecular weight is 283 g/mol. The van der Waals surface area contributed by atoms with Crippen LogP contribution in [0.2, 0.25) is 0 Å². The summed E-state index contributed by atoms with van der Waals surface area (Å²) >= 11 is 0. The molecule has 0 bridgehead atoms. The summed E-state index contributed by atoms with van der Waals surface area (Å²) in [5.74, 6) is -0.0122. The first kappa shape index (κ1) is 14.0. The monoisotopic (exact) mass is 283 g/mol. The number of halogens is 1. The molecule has 1 heterocycles. The van der Waals surface area contributed by atoms with Crippen molar-refractivity contribution < 1.29 is 9.18 Å². The Morgan fingerprint density at radius 1 is 1.00 bits per heavy atom. The maximum absolute atomic E-state index is 13.8. The Kier molecular flexibility index (Phi) is 3.84. The van der Waals surface area contributed by atoms with Gasteiger partial charge in [0, 0.05) is 0 Å². The minimum absolute atomic E-state index is 0.0122. The minimum Gasteiger partial charge on any atom is -0.296 e. The Hall–Kier alpha value is -2.00. The van der Waals surface area contributed by atoms with Crippen molar-refractivity contribution in [3.63, 3.8) is 0 Å². The van der Waals surface area contributed by atoms with Crippen molar-refractivity contribution in [1.29, 1.82) is 0 Å². The van der Waals surface area contributed by atoms with Gasteiger partial charge in [0.25, 0.3) is 0 Å². The molecule has 1 aliphatic heterocycles. The van der Waals surface area contributed by atoms with Crippen LogP contribution in [0.15, 0.2) is 60.7 Å². The van der Waals surface area contributed by atoms with Gasteiger partial charge in [0.05, 0.1) is 12.6 Å². The molecule has 0 radical (unpaired) electrons. The average Bonchev–Trinajstić information content (AvgIpc) is 2.48. The summed E-state index contributed by atoms with van der Waals surface area (Å²) in [4.78, 5) is 13.7. The van der Waals surface area contributed by atoms with E-state index in [9.17, 15) is 9.18 Å². The van der Waals surface area contributed by atoms with E-state index in [2.05, 4.69) is 0 Å². The van der Waals surface area contributed by atoms with E-state index in [0.717, 1.165) is 11.1 Å². The van der Waals surface area contributed by atoms with Crippen LogP contribution in [0.4, 0.5) is 4.39 Å². The lowest BCUT2D eigenvalue weighted by atomic mass is 9.88. The summed E-state index contributed by atoms with van der Waals surface area (Å²) in [5.41, 5.74) is 2.17. The van der Waals surface area contributed by atoms with Crippen LogP contribution in [0.5, 0.6) is 0 Å². The summed E-state index contributed by atoms with van der Waals surface area (Å²) in [6, 6.07) is 19.2. The molecule has 0 amide bonds. The van der Waals surface area contributed by atoms with Gasteiger partial charge in [0.1, 0.15) is 12.2 Å². The van der Waals surface area contributed by atoms with Crippen molar-refractivity contribution >= 4 is 5.78 Å². The zero-order valence-electron chi connectivity index (χ0n) is 11.9. The van der Waals surface area contributed by atoms with Gasteiger partial charge in [0.2, 0.25) is 0 Å². The van der Waals surface area contributed by atoms with Crippen LogP contribution in [0.1, 0.15) is 24.1 Å². The van der Waals surface area contributed by atoms with Gasteiger partial charge >= 0.3 is 0 Å². The van der Waals surface area contributed by atoms with Crippen LogP contribution in [0.3, 0.4) is 0 Å². The van der Waals surface area contributed by atoms with Crippen molar-refractivity contribution in [3.05, 3.63) is 71.8 Å². The van der Waals surface area contributed by atoms with E-state index in [4.69, 9.17) is 0 Å². The smallest absolute Gasteiger partial charge is 0.166 e. The third kappa shape index (κ3) is 2.61. The van der Waals surface area contributed by atoms with E-state index < -0.39 is 12.2 Å². The third-order valence-electron chi connectivity index (χ3n) is 4.02. The molecule has 0 aliphatic carbocycles. The first-order valence-electron chi connectivity index (χ1n) is 7.21.